The first kappa shape index (κ1) is 11.6. The van der Waals surface area contributed by atoms with E-state index in [1.54, 1.807) is 0 Å². The summed E-state index contributed by atoms with van der Waals surface area (Å²) in [5, 5.41) is 6.28. The van der Waals surface area contributed by atoms with Crippen LogP contribution in [0.1, 0.15) is 31.7 Å². The van der Waals surface area contributed by atoms with E-state index >= 15 is 0 Å². The predicted octanol–water partition coefficient (Wildman–Crippen LogP) is 0.0893. The molecule has 1 aromatic heterocycles. The van der Waals surface area contributed by atoms with Crippen LogP contribution < -0.4 is 10.5 Å². The third kappa shape index (κ3) is 1.98. The van der Waals surface area contributed by atoms with E-state index in [0.717, 1.165) is 19.3 Å². The Kier molecular flexibility index (Phi) is 2.77. The van der Waals surface area contributed by atoms with Crippen molar-refractivity contribution in [3.05, 3.63) is 11.8 Å². The molecule has 1 aliphatic carbocycles. The highest BCUT2D eigenvalue weighted by atomic mass is 32.2. The van der Waals surface area contributed by atoms with Gasteiger partial charge in [0.2, 0.25) is 0 Å². The molecule has 1 saturated carbocycles. The van der Waals surface area contributed by atoms with E-state index in [1.165, 1.54) is 6.20 Å². The van der Waals surface area contributed by atoms with Crippen molar-refractivity contribution in [2.75, 3.05) is 0 Å². The quantitative estimate of drug-likeness (QED) is 0.698. The first-order valence-corrected chi connectivity index (χ1v) is 6.71. The fourth-order valence-corrected chi connectivity index (χ4v) is 3.47. The summed E-state index contributed by atoms with van der Waals surface area (Å²) >= 11 is 0. The van der Waals surface area contributed by atoms with E-state index in [2.05, 4.69) is 14.9 Å². The molecular weight excluding hydrogens is 228 g/mol. The van der Waals surface area contributed by atoms with Crippen LogP contribution in [-0.2, 0) is 16.6 Å². The minimum absolute atomic E-state index is 0.0862. The van der Waals surface area contributed by atoms with Crippen molar-refractivity contribution in [3.8, 4) is 0 Å². The third-order valence-corrected chi connectivity index (χ3v) is 4.66. The number of sulfonamides is 1. The monoisotopic (exact) mass is 244 g/mol. The number of nitrogens with one attached hydrogen (secondary N) is 2. The minimum Gasteiger partial charge on any atom is -0.326 e. The third-order valence-electron chi connectivity index (χ3n) is 3.00. The second kappa shape index (κ2) is 3.83. The van der Waals surface area contributed by atoms with Crippen molar-refractivity contribution < 1.29 is 8.42 Å². The molecule has 0 atom stereocenters. The number of hydrogen-bond donors (Lipinski definition) is 3. The van der Waals surface area contributed by atoms with Crippen LogP contribution in [0.4, 0.5) is 0 Å². The maximum atomic E-state index is 12.0. The van der Waals surface area contributed by atoms with Gasteiger partial charge in [0.05, 0.1) is 6.20 Å². The van der Waals surface area contributed by atoms with Crippen molar-refractivity contribution in [2.24, 2.45) is 5.73 Å². The average Bonchev–Trinajstić information content (AvgIpc) is 2.63. The maximum Gasteiger partial charge on any atom is 0.258 e. The van der Waals surface area contributed by atoms with Gasteiger partial charge in [-0.3, -0.25) is 5.10 Å². The molecule has 16 heavy (non-hydrogen) atoms. The zero-order valence-corrected chi connectivity index (χ0v) is 9.97. The minimum atomic E-state index is -3.53. The summed E-state index contributed by atoms with van der Waals surface area (Å²) in [5.74, 6) is 0. The molecule has 90 valence electrons. The molecule has 1 aromatic rings. The Hall–Kier alpha value is -0.920. The molecule has 7 heteroatoms. The molecule has 0 saturated heterocycles. The number of hydrogen-bond acceptors (Lipinski definition) is 4. The normalized spacial score (nSPS) is 19.4. The summed E-state index contributed by atoms with van der Waals surface area (Å²) in [7, 11) is -3.53. The largest absolute Gasteiger partial charge is 0.326 e. The Bertz CT molecular complexity index is 475. The molecule has 0 bridgehead atoms. The summed E-state index contributed by atoms with van der Waals surface area (Å²) in [6.45, 7) is 2.07. The van der Waals surface area contributed by atoms with E-state index in [1.807, 2.05) is 6.92 Å². The Morgan fingerprint density at radius 2 is 2.31 bits per heavy atom. The van der Waals surface area contributed by atoms with Crippen molar-refractivity contribution in [2.45, 2.75) is 43.3 Å². The second-order valence-corrected chi connectivity index (χ2v) is 6.07. The van der Waals surface area contributed by atoms with Gasteiger partial charge in [0.1, 0.15) is 0 Å². The lowest BCUT2D eigenvalue weighted by Gasteiger charge is -2.38. The van der Waals surface area contributed by atoms with Gasteiger partial charge in [0, 0.05) is 17.6 Å². The lowest BCUT2D eigenvalue weighted by Crippen LogP contribution is -2.51. The van der Waals surface area contributed by atoms with Crippen LogP contribution >= 0.6 is 0 Å². The van der Waals surface area contributed by atoms with Crippen LogP contribution in [0, 0.1) is 0 Å². The topological polar surface area (TPSA) is 101 Å². The number of H-pyrrole nitrogens is 1. The first-order valence-electron chi connectivity index (χ1n) is 5.23. The fourth-order valence-electron chi connectivity index (χ4n) is 1.86. The Morgan fingerprint density at radius 3 is 2.81 bits per heavy atom. The molecule has 2 rings (SSSR count). The molecule has 0 unspecified atom stereocenters. The van der Waals surface area contributed by atoms with E-state index in [4.69, 9.17) is 5.73 Å². The molecule has 1 fully saturated rings. The molecule has 0 aliphatic heterocycles. The number of nitrogens with zero attached hydrogens (tertiary/aromatic N) is 1. The maximum absolute atomic E-state index is 12.0. The number of rotatable bonds is 4. The molecule has 0 aromatic carbocycles. The van der Waals surface area contributed by atoms with Gasteiger partial charge in [-0.05, 0) is 26.2 Å². The highest BCUT2D eigenvalue weighted by Gasteiger charge is 2.37. The van der Waals surface area contributed by atoms with E-state index in [-0.39, 0.29) is 17.1 Å². The fraction of sp³-hybridized carbons (Fsp3) is 0.667. The molecular formula is C9H16N4O2S. The first-order chi connectivity index (χ1) is 7.47. The number of aromatic nitrogens is 2. The molecule has 1 aliphatic rings. The van der Waals surface area contributed by atoms with Crippen molar-refractivity contribution in [3.63, 3.8) is 0 Å². The molecule has 4 N–H and O–H groups in total. The Morgan fingerprint density at radius 1 is 1.62 bits per heavy atom. The van der Waals surface area contributed by atoms with Crippen LogP contribution in [-0.4, -0.2) is 24.2 Å². The molecule has 0 spiro atoms. The van der Waals surface area contributed by atoms with E-state index in [9.17, 15) is 8.42 Å². The van der Waals surface area contributed by atoms with E-state index in [0.29, 0.717) is 5.56 Å². The molecule has 0 radical (unpaired) electrons. The van der Waals surface area contributed by atoms with Crippen LogP contribution in [0.2, 0.25) is 0 Å². The standard InChI is InChI=1S/C9H16N4O2S/c1-9(3-2-4-9)13-16(14,15)8-7(5-10)6-11-12-8/h6,13H,2-5,10H2,1H3,(H,11,12). The molecule has 6 nitrogen and oxygen atoms in total. The number of nitrogens with two attached hydrogens (primary N) is 1. The molecule has 0 amide bonds. The smallest absolute Gasteiger partial charge is 0.258 e. The Balaban J connectivity index is 2.25. The van der Waals surface area contributed by atoms with Crippen molar-refractivity contribution >= 4 is 10.0 Å². The summed E-state index contributed by atoms with van der Waals surface area (Å²) in [5.41, 5.74) is 5.65. The van der Waals surface area contributed by atoms with Crippen LogP contribution in [0.25, 0.3) is 0 Å². The summed E-state index contributed by atoms with van der Waals surface area (Å²) in [6.07, 6.45) is 4.25. The van der Waals surface area contributed by atoms with Crippen molar-refractivity contribution in [1.82, 2.24) is 14.9 Å². The predicted molar refractivity (Wildman–Crippen MR) is 59.1 cm³/mol. The van der Waals surface area contributed by atoms with Crippen LogP contribution in [0.3, 0.4) is 0 Å². The lowest BCUT2D eigenvalue weighted by molar-refractivity contribution is 0.247. The highest BCUT2D eigenvalue weighted by molar-refractivity contribution is 7.89. The zero-order chi connectivity index (χ0) is 11.8. The second-order valence-electron chi connectivity index (χ2n) is 4.45. The van der Waals surface area contributed by atoms with Gasteiger partial charge in [-0.1, -0.05) is 0 Å². The van der Waals surface area contributed by atoms with Gasteiger partial charge >= 0.3 is 0 Å². The van der Waals surface area contributed by atoms with Crippen LogP contribution in [0.15, 0.2) is 11.2 Å². The SMILES string of the molecule is CC1(NS(=O)(=O)c2[nH]ncc2CN)CCC1. The van der Waals surface area contributed by atoms with Gasteiger partial charge in [-0.25, -0.2) is 13.1 Å². The van der Waals surface area contributed by atoms with Gasteiger partial charge in [0.15, 0.2) is 5.03 Å². The van der Waals surface area contributed by atoms with Crippen LogP contribution in [0.5, 0.6) is 0 Å². The van der Waals surface area contributed by atoms with Gasteiger partial charge in [-0.2, -0.15) is 5.10 Å². The number of aromatic amines is 1. The highest BCUT2D eigenvalue weighted by Crippen LogP contribution is 2.32. The summed E-state index contributed by atoms with van der Waals surface area (Å²) in [6, 6.07) is 0. The summed E-state index contributed by atoms with van der Waals surface area (Å²) < 4.78 is 26.8. The van der Waals surface area contributed by atoms with Gasteiger partial charge in [-0.15, -0.1) is 0 Å². The average molecular weight is 244 g/mol. The van der Waals surface area contributed by atoms with Gasteiger partial charge < -0.3 is 5.73 Å². The molecule has 1 heterocycles. The van der Waals surface area contributed by atoms with Gasteiger partial charge in [0.25, 0.3) is 10.0 Å². The Labute approximate surface area is 94.7 Å². The zero-order valence-electron chi connectivity index (χ0n) is 9.16. The lowest BCUT2D eigenvalue weighted by atomic mass is 9.80. The van der Waals surface area contributed by atoms with Crippen molar-refractivity contribution in [1.29, 1.82) is 0 Å². The van der Waals surface area contributed by atoms with E-state index < -0.39 is 10.0 Å². The summed E-state index contributed by atoms with van der Waals surface area (Å²) in [4.78, 5) is 0.